The van der Waals surface area contributed by atoms with Gasteiger partial charge in [-0.2, -0.15) is 0 Å². The van der Waals surface area contributed by atoms with Gasteiger partial charge in [0.15, 0.2) is 17.1 Å². The highest BCUT2D eigenvalue weighted by molar-refractivity contribution is 5.93. The summed E-state index contributed by atoms with van der Waals surface area (Å²) in [7, 11) is 1.67. The number of hydrogen-bond acceptors (Lipinski definition) is 8. The molecule has 0 N–H and O–H groups in total. The monoisotopic (exact) mass is 478 g/mol. The Labute approximate surface area is 204 Å². The van der Waals surface area contributed by atoms with Crippen LogP contribution in [0.4, 0.5) is 0 Å². The fourth-order valence-electron chi connectivity index (χ4n) is 5.47. The van der Waals surface area contributed by atoms with Crippen molar-refractivity contribution < 1.29 is 28.2 Å². The van der Waals surface area contributed by atoms with Gasteiger partial charge in [0, 0.05) is 37.2 Å². The van der Waals surface area contributed by atoms with Crippen LogP contribution in [0.1, 0.15) is 41.6 Å². The van der Waals surface area contributed by atoms with E-state index in [2.05, 4.69) is 4.90 Å². The van der Waals surface area contributed by atoms with Crippen molar-refractivity contribution in [3.05, 3.63) is 41.5 Å². The number of fused-ring (bicyclic) bond motifs is 2. The van der Waals surface area contributed by atoms with E-state index in [1.807, 2.05) is 12.1 Å². The highest BCUT2D eigenvalue weighted by Crippen LogP contribution is 2.51. The predicted molar refractivity (Wildman–Crippen MR) is 129 cm³/mol. The van der Waals surface area contributed by atoms with Crippen LogP contribution >= 0.6 is 0 Å². The van der Waals surface area contributed by atoms with Gasteiger partial charge < -0.3 is 23.4 Å². The number of nitrogens with zero attached hydrogens (tertiary/aromatic N) is 2. The molecule has 1 aliphatic carbocycles. The Morgan fingerprint density at radius 2 is 1.97 bits per heavy atom. The number of carbonyl (C=O) groups is 1. The number of rotatable bonds is 6. The first-order chi connectivity index (χ1) is 17.1. The maximum absolute atomic E-state index is 12.6. The summed E-state index contributed by atoms with van der Waals surface area (Å²) < 4.78 is 29.1. The zero-order chi connectivity index (χ0) is 23.8. The van der Waals surface area contributed by atoms with Gasteiger partial charge in [-0.05, 0) is 56.0 Å². The molecular formula is C27H30N2O6. The SMILES string of the molecule is COc1ccc(-c2nc3ccc(C(=O)OCCN4CCOCC4)cc3o2)c2c1OC1(CCCC1)C2. The molecule has 2 aliphatic heterocycles. The van der Waals surface area contributed by atoms with E-state index >= 15 is 0 Å². The van der Waals surface area contributed by atoms with Gasteiger partial charge in [0.25, 0.3) is 0 Å². The maximum Gasteiger partial charge on any atom is 0.338 e. The molecule has 3 heterocycles. The molecule has 1 saturated carbocycles. The topological polar surface area (TPSA) is 83.3 Å². The van der Waals surface area contributed by atoms with Crippen molar-refractivity contribution in [2.75, 3.05) is 46.6 Å². The molecule has 8 nitrogen and oxygen atoms in total. The highest BCUT2D eigenvalue weighted by atomic mass is 16.5. The number of ether oxygens (including phenoxy) is 4. The average Bonchev–Trinajstić information content (AvgIpc) is 3.61. The van der Waals surface area contributed by atoms with E-state index in [-0.39, 0.29) is 11.6 Å². The molecule has 1 spiro atoms. The molecule has 0 bridgehead atoms. The van der Waals surface area contributed by atoms with Crippen LogP contribution in [0.5, 0.6) is 11.5 Å². The van der Waals surface area contributed by atoms with Crippen LogP contribution in [0.15, 0.2) is 34.7 Å². The number of esters is 1. The fourth-order valence-corrected chi connectivity index (χ4v) is 5.47. The lowest BCUT2D eigenvalue weighted by Gasteiger charge is -2.26. The molecule has 2 aromatic carbocycles. The normalized spacial score (nSPS) is 19.1. The number of benzene rings is 2. The molecule has 0 atom stereocenters. The number of carbonyl (C=O) groups excluding carboxylic acids is 1. The van der Waals surface area contributed by atoms with Crippen LogP contribution < -0.4 is 9.47 Å². The van der Waals surface area contributed by atoms with E-state index in [4.69, 9.17) is 28.3 Å². The summed E-state index contributed by atoms with van der Waals surface area (Å²) in [6.45, 7) is 4.23. The van der Waals surface area contributed by atoms with Crippen LogP contribution in [0, 0.1) is 0 Å². The second-order valence-corrected chi connectivity index (χ2v) is 9.58. The molecule has 3 aliphatic rings. The molecule has 8 heteroatoms. The Balaban J connectivity index is 1.22. The molecule has 35 heavy (non-hydrogen) atoms. The third-order valence-electron chi connectivity index (χ3n) is 7.38. The first-order valence-electron chi connectivity index (χ1n) is 12.4. The van der Waals surface area contributed by atoms with Gasteiger partial charge in [0.2, 0.25) is 5.89 Å². The Morgan fingerprint density at radius 1 is 1.14 bits per heavy atom. The largest absolute Gasteiger partial charge is 0.493 e. The lowest BCUT2D eigenvalue weighted by molar-refractivity contribution is 0.0195. The van der Waals surface area contributed by atoms with E-state index in [1.165, 1.54) is 12.8 Å². The van der Waals surface area contributed by atoms with E-state index in [9.17, 15) is 4.79 Å². The number of hydrogen-bond donors (Lipinski definition) is 0. The van der Waals surface area contributed by atoms with Crippen LogP contribution in [-0.4, -0.2) is 68.0 Å². The number of oxazole rings is 1. The number of methoxy groups -OCH3 is 1. The van der Waals surface area contributed by atoms with E-state index < -0.39 is 0 Å². The van der Waals surface area contributed by atoms with Crippen molar-refractivity contribution in [3.63, 3.8) is 0 Å². The summed E-state index contributed by atoms with van der Waals surface area (Å²) in [4.78, 5) is 19.6. The van der Waals surface area contributed by atoms with Gasteiger partial charge >= 0.3 is 5.97 Å². The van der Waals surface area contributed by atoms with Gasteiger partial charge in [-0.1, -0.05) is 0 Å². The maximum atomic E-state index is 12.6. The van der Waals surface area contributed by atoms with Crippen LogP contribution in [0.2, 0.25) is 0 Å². The smallest absolute Gasteiger partial charge is 0.338 e. The quantitative estimate of drug-likeness (QED) is 0.487. The van der Waals surface area contributed by atoms with Crippen molar-refractivity contribution in [2.45, 2.75) is 37.7 Å². The third kappa shape index (κ3) is 4.25. The molecule has 3 aromatic rings. The van der Waals surface area contributed by atoms with E-state index in [0.29, 0.717) is 35.7 Å². The highest BCUT2D eigenvalue weighted by Gasteiger charge is 2.44. The Hall–Kier alpha value is -3.10. The number of morpholine rings is 1. The van der Waals surface area contributed by atoms with Crippen LogP contribution in [0.3, 0.4) is 0 Å². The summed E-state index contributed by atoms with van der Waals surface area (Å²) in [5, 5.41) is 0. The lowest BCUT2D eigenvalue weighted by atomic mass is 9.93. The minimum atomic E-state index is -0.361. The standard InChI is InChI=1S/C27H30N2O6/c1-31-22-7-5-19(20-17-27(35-24(20)22)8-2-3-9-27)25-28-21-6-4-18(16-23(21)34-25)26(30)33-15-12-29-10-13-32-14-11-29/h4-7,16H,2-3,8-15,17H2,1H3. The fraction of sp³-hybridized carbons (Fsp3) is 0.481. The molecule has 1 aromatic heterocycles. The van der Waals surface area contributed by atoms with Gasteiger partial charge in [-0.15, -0.1) is 0 Å². The lowest BCUT2D eigenvalue weighted by Crippen LogP contribution is -2.38. The molecule has 0 unspecified atom stereocenters. The molecule has 2 fully saturated rings. The van der Waals surface area contributed by atoms with Gasteiger partial charge in [0.05, 0.1) is 25.9 Å². The van der Waals surface area contributed by atoms with Crippen LogP contribution in [0.25, 0.3) is 22.6 Å². The Morgan fingerprint density at radius 3 is 2.77 bits per heavy atom. The number of aromatic nitrogens is 1. The van der Waals surface area contributed by atoms with Crippen LogP contribution in [-0.2, 0) is 15.9 Å². The minimum Gasteiger partial charge on any atom is -0.493 e. The summed E-state index contributed by atoms with van der Waals surface area (Å²) in [6, 6.07) is 9.15. The molecule has 6 rings (SSSR count). The van der Waals surface area contributed by atoms with Crippen molar-refractivity contribution in [2.24, 2.45) is 0 Å². The molecule has 0 radical (unpaired) electrons. The van der Waals surface area contributed by atoms with Gasteiger partial charge in [-0.25, -0.2) is 9.78 Å². The minimum absolute atomic E-state index is 0.143. The van der Waals surface area contributed by atoms with E-state index in [0.717, 1.165) is 68.2 Å². The second-order valence-electron chi connectivity index (χ2n) is 9.58. The molecule has 1 saturated heterocycles. The second kappa shape index (κ2) is 9.17. The average molecular weight is 479 g/mol. The zero-order valence-corrected chi connectivity index (χ0v) is 20.0. The van der Waals surface area contributed by atoms with Crippen molar-refractivity contribution in [1.29, 1.82) is 0 Å². The molecular weight excluding hydrogens is 448 g/mol. The van der Waals surface area contributed by atoms with Gasteiger partial charge in [-0.3, -0.25) is 4.90 Å². The Kier molecular flexibility index (Phi) is 5.86. The molecule has 0 amide bonds. The predicted octanol–water partition coefficient (Wildman–Crippen LogP) is 4.24. The zero-order valence-electron chi connectivity index (χ0n) is 20.0. The Bertz CT molecular complexity index is 1240. The van der Waals surface area contributed by atoms with Crippen molar-refractivity contribution >= 4 is 17.1 Å². The van der Waals surface area contributed by atoms with Crippen molar-refractivity contribution in [3.8, 4) is 23.0 Å². The first-order valence-corrected chi connectivity index (χ1v) is 12.4. The van der Waals surface area contributed by atoms with Gasteiger partial charge in [0.1, 0.15) is 17.7 Å². The summed E-state index contributed by atoms with van der Waals surface area (Å²) >= 11 is 0. The van der Waals surface area contributed by atoms with Crippen molar-refractivity contribution in [1.82, 2.24) is 9.88 Å². The summed E-state index contributed by atoms with van der Waals surface area (Å²) in [6.07, 6.45) is 5.29. The van der Waals surface area contributed by atoms with E-state index in [1.54, 1.807) is 25.3 Å². The summed E-state index contributed by atoms with van der Waals surface area (Å²) in [5.74, 6) is 1.71. The third-order valence-corrected chi connectivity index (χ3v) is 7.38. The first kappa shape index (κ1) is 22.4. The molecule has 184 valence electrons. The summed E-state index contributed by atoms with van der Waals surface area (Å²) in [5.41, 5.74) is 3.56.